The van der Waals surface area contributed by atoms with Crippen molar-refractivity contribution in [3.05, 3.63) is 59.7 Å². The molecule has 150 valence electrons. The van der Waals surface area contributed by atoms with Gasteiger partial charge in [0.1, 0.15) is 5.75 Å². The summed E-state index contributed by atoms with van der Waals surface area (Å²) in [6.45, 7) is 4.30. The second-order valence-electron chi connectivity index (χ2n) is 7.60. The van der Waals surface area contributed by atoms with E-state index in [9.17, 15) is 4.79 Å². The highest BCUT2D eigenvalue weighted by Gasteiger charge is 2.15. The first-order valence-electron chi connectivity index (χ1n) is 10.1. The van der Waals surface area contributed by atoms with Crippen LogP contribution in [0.4, 0.5) is 5.69 Å². The van der Waals surface area contributed by atoms with Crippen molar-refractivity contribution in [3.63, 3.8) is 0 Å². The molecule has 2 N–H and O–H groups in total. The van der Waals surface area contributed by atoms with Gasteiger partial charge in [-0.15, -0.1) is 0 Å². The second kappa shape index (κ2) is 10.2. The molecular weight excluding hydrogens is 350 g/mol. The Labute approximate surface area is 168 Å². The SMILES string of the molecule is COc1ccc(C(=O)Nc2cccc(CNCCC3CCN(C)CC3)c2)cc1. The van der Waals surface area contributed by atoms with Crippen molar-refractivity contribution in [2.45, 2.75) is 25.8 Å². The van der Waals surface area contributed by atoms with Gasteiger partial charge in [-0.25, -0.2) is 0 Å². The van der Waals surface area contributed by atoms with Crippen LogP contribution in [0.5, 0.6) is 5.75 Å². The van der Waals surface area contributed by atoms with Crippen molar-refractivity contribution in [2.24, 2.45) is 5.92 Å². The Morgan fingerprint density at radius 3 is 2.61 bits per heavy atom. The van der Waals surface area contributed by atoms with Gasteiger partial charge in [0, 0.05) is 17.8 Å². The van der Waals surface area contributed by atoms with E-state index in [-0.39, 0.29) is 5.91 Å². The summed E-state index contributed by atoms with van der Waals surface area (Å²) in [6.07, 6.45) is 3.86. The maximum atomic E-state index is 12.4. The summed E-state index contributed by atoms with van der Waals surface area (Å²) in [5.74, 6) is 1.47. The molecule has 0 aliphatic carbocycles. The molecule has 2 aromatic rings. The number of nitrogens with zero attached hydrogens (tertiary/aromatic N) is 1. The Morgan fingerprint density at radius 1 is 1.14 bits per heavy atom. The van der Waals surface area contributed by atoms with E-state index in [1.165, 1.54) is 37.9 Å². The lowest BCUT2D eigenvalue weighted by Gasteiger charge is -2.28. The first-order valence-corrected chi connectivity index (χ1v) is 10.1. The van der Waals surface area contributed by atoms with E-state index in [1.807, 2.05) is 18.2 Å². The predicted molar refractivity (Wildman–Crippen MR) is 114 cm³/mol. The number of ether oxygens (including phenoxy) is 1. The molecule has 5 heteroatoms. The summed E-state index contributed by atoms with van der Waals surface area (Å²) in [7, 11) is 3.82. The molecule has 3 rings (SSSR count). The van der Waals surface area contributed by atoms with Crippen molar-refractivity contribution >= 4 is 11.6 Å². The normalized spacial score (nSPS) is 15.4. The summed E-state index contributed by atoms with van der Waals surface area (Å²) >= 11 is 0. The molecule has 1 aliphatic rings. The van der Waals surface area contributed by atoms with E-state index >= 15 is 0 Å². The van der Waals surface area contributed by atoms with E-state index in [4.69, 9.17) is 4.74 Å². The minimum absolute atomic E-state index is 0.116. The maximum Gasteiger partial charge on any atom is 0.255 e. The Bertz CT molecular complexity index is 753. The molecule has 1 saturated heterocycles. The van der Waals surface area contributed by atoms with Crippen LogP contribution in [0.25, 0.3) is 0 Å². The van der Waals surface area contributed by atoms with Gasteiger partial charge in [0.15, 0.2) is 0 Å². The number of nitrogens with one attached hydrogen (secondary N) is 2. The minimum Gasteiger partial charge on any atom is -0.497 e. The van der Waals surface area contributed by atoms with E-state index in [0.717, 1.165) is 30.4 Å². The molecule has 0 bridgehead atoms. The zero-order chi connectivity index (χ0) is 19.8. The molecule has 0 saturated carbocycles. The number of benzene rings is 2. The summed E-state index contributed by atoms with van der Waals surface area (Å²) < 4.78 is 5.13. The molecule has 0 radical (unpaired) electrons. The van der Waals surface area contributed by atoms with Gasteiger partial charge in [-0.1, -0.05) is 12.1 Å². The highest BCUT2D eigenvalue weighted by Crippen LogP contribution is 2.19. The number of hydrogen-bond donors (Lipinski definition) is 2. The number of anilines is 1. The number of carbonyl (C=O) groups is 1. The third kappa shape index (κ3) is 6.08. The average molecular weight is 382 g/mol. The molecular formula is C23H31N3O2. The van der Waals surface area contributed by atoms with E-state index in [0.29, 0.717) is 5.56 Å². The zero-order valence-corrected chi connectivity index (χ0v) is 16.9. The molecule has 1 aliphatic heterocycles. The number of piperidine rings is 1. The van der Waals surface area contributed by atoms with E-state index in [2.05, 4.69) is 28.6 Å². The van der Waals surface area contributed by atoms with Crippen molar-refractivity contribution in [1.29, 1.82) is 0 Å². The quantitative estimate of drug-likeness (QED) is 0.684. The highest BCUT2D eigenvalue weighted by molar-refractivity contribution is 6.04. The van der Waals surface area contributed by atoms with Crippen molar-refractivity contribution in [3.8, 4) is 5.75 Å². The second-order valence-corrected chi connectivity index (χ2v) is 7.60. The summed E-state index contributed by atoms with van der Waals surface area (Å²) in [5, 5.41) is 6.52. The van der Waals surface area contributed by atoms with Crippen LogP contribution in [-0.2, 0) is 6.54 Å². The van der Waals surface area contributed by atoms with Gasteiger partial charge in [-0.3, -0.25) is 4.79 Å². The Balaban J connectivity index is 1.44. The van der Waals surface area contributed by atoms with Gasteiger partial charge < -0.3 is 20.3 Å². The fourth-order valence-corrected chi connectivity index (χ4v) is 3.59. The third-order valence-corrected chi connectivity index (χ3v) is 5.43. The number of hydrogen-bond acceptors (Lipinski definition) is 4. The largest absolute Gasteiger partial charge is 0.497 e. The smallest absolute Gasteiger partial charge is 0.255 e. The van der Waals surface area contributed by atoms with Crippen LogP contribution in [0.3, 0.4) is 0 Å². The molecule has 28 heavy (non-hydrogen) atoms. The van der Waals surface area contributed by atoms with Crippen LogP contribution in [0.2, 0.25) is 0 Å². The molecule has 0 spiro atoms. The van der Waals surface area contributed by atoms with Crippen molar-refractivity contribution in [1.82, 2.24) is 10.2 Å². The summed E-state index contributed by atoms with van der Waals surface area (Å²) in [6, 6.07) is 15.1. The number of carbonyl (C=O) groups excluding carboxylic acids is 1. The lowest BCUT2D eigenvalue weighted by Crippen LogP contribution is -2.31. The lowest BCUT2D eigenvalue weighted by molar-refractivity contribution is 0.102. The minimum atomic E-state index is -0.116. The molecule has 0 unspecified atom stereocenters. The van der Waals surface area contributed by atoms with E-state index < -0.39 is 0 Å². The van der Waals surface area contributed by atoms with Crippen molar-refractivity contribution in [2.75, 3.05) is 39.1 Å². The van der Waals surface area contributed by atoms with Gasteiger partial charge >= 0.3 is 0 Å². The van der Waals surface area contributed by atoms with Crippen LogP contribution in [0, 0.1) is 5.92 Å². The van der Waals surface area contributed by atoms with E-state index in [1.54, 1.807) is 31.4 Å². The molecule has 1 fully saturated rings. The monoisotopic (exact) mass is 381 g/mol. The highest BCUT2D eigenvalue weighted by atomic mass is 16.5. The van der Waals surface area contributed by atoms with Crippen LogP contribution in [0.15, 0.2) is 48.5 Å². The Morgan fingerprint density at radius 2 is 1.89 bits per heavy atom. The lowest BCUT2D eigenvalue weighted by atomic mass is 9.94. The van der Waals surface area contributed by atoms with Gasteiger partial charge in [0.05, 0.1) is 7.11 Å². The summed E-state index contributed by atoms with van der Waals surface area (Å²) in [4.78, 5) is 14.8. The Kier molecular flexibility index (Phi) is 7.46. The van der Waals surface area contributed by atoms with Gasteiger partial charge in [0.25, 0.3) is 5.91 Å². The average Bonchev–Trinajstić information content (AvgIpc) is 2.73. The zero-order valence-electron chi connectivity index (χ0n) is 16.9. The molecule has 1 amide bonds. The summed E-state index contributed by atoms with van der Waals surface area (Å²) in [5.41, 5.74) is 2.61. The molecule has 0 atom stereocenters. The number of likely N-dealkylation sites (tertiary alicyclic amines) is 1. The fraction of sp³-hybridized carbons (Fsp3) is 0.435. The van der Waals surface area contributed by atoms with Gasteiger partial charge in [-0.05, 0) is 93.8 Å². The topological polar surface area (TPSA) is 53.6 Å². The van der Waals surface area contributed by atoms with Crippen LogP contribution < -0.4 is 15.4 Å². The Hall–Kier alpha value is -2.37. The standard InChI is InChI=1S/C23H31N3O2/c1-26-14-11-18(12-15-26)10-13-24-17-19-4-3-5-21(16-19)25-23(27)20-6-8-22(28-2)9-7-20/h3-9,16,18,24H,10-15,17H2,1-2H3,(H,25,27). The first kappa shape index (κ1) is 20.4. The number of methoxy groups -OCH3 is 1. The van der Waals surface area contributed by atoms with Crippen LogP contribution in [0.1, 0.15) is 35.2 Å². The molecule has 1 heterocycles. The molecule has 5 nitrogen and oxygen atoms in total. The number of rotatable bonds is 8. The first-order chi connectivity index (χ1) is 13.6. The van der Waals surface area contributed by atoms with Gasteiger partial charge in [-0.2, -0.15) is 0 Å². The van der Waals surface area contributed by atoms with Crippen LogP contribution in [-0.4, -0.2) is 44.6 Å². The maximum absolute atomic E-state index is 12.4. The van der Waals surface area contributed by atoms with Gasteiger partial charge in [0.2, 0.25) is 0 Å². The predicted octanol–water partition coefficient (Wildman–Crippen LogP) is 3.77. The van der Waals surface area contributed by atoms with Crippen molar-refractivity contribution < 1.29 is 9.53 Å². The molecule has 0 aromatic heterocycles. The van der Waals surface area contributed by atoms with Crippen LogP contribution >= 0.6 is 0 Å². The third-order valence-electron chi connectivity index (χ3n) is 5.43. The fourth-order valence-electron chi connectivity index (χ4n) is 3.59. The number of amides is 1. The molecule has 2 aromatic carbocycles.